The normalized spacial score (nSPS) is 12.1. The first-order valence-electron chi connectivity index (χ1n) is 16.6. The van der Waals surface area contributed by atoms with Crippen LogP contribution in [0.5, 0.6) is 0 Å². The number of rotatable bonds is 1. The molecule has 0 aliphatic carbocycles. The molecular formula is C41H23AlClN8. The van der Waals surface area contributed by atoms with Gasteiger partial charge in [0, 0.05) is 50.8 Å². The van der Waals surface area contributed by atoms with Gasteiger partial charge in [0.05, 0.1) is 0 Å². The van der Waals surface area contributed by atoms with Gasteiger partial charge in [0.15, 0.2) is 23.3 Å². The SMILES string of the molecule is Cn1c2nc3nc(nc4c5cc6ccccc6cc5c(nc5nc(nc1c1ccccc12)-c1cc2ccccc2cc1-5)[n]4[Al][Cl])-c1ccccc1-3. The Morgan fingerprint density at radius 3 is 1.24 bits per heavy atom. The third kappa shape index (κ3) is 4.20. The Labute approximate surface area is 300 Å². The molecule has 8 bridgehead atoms. The number of benzene rings is 6. The van der Waals surface area contributed by atoms with Crippen molar-refractivity contribution in [2.75, 3.05) is 0 Å². The number of aromatic nitrogens is 8. The molecule has 0 spiro atoms. The molecule has 1 radical (unpaired) electrons. The number of halogens is 1. The maximum atomic E-state index is 6.93. The van der Waals surface area contributed by atoms with E-state index in [4.69, 9.17) is 40.0 Å². The quantitative estimate of drug-likeness (QED) is 0.160. The van der Waals surface area contributed by atoms with Crippen LogP contribution in [0.1, 0.15) is 0 Å². The van der Waals surface area contributed by atoms with Crippen LogP contribution in [-0.4, -0.2) is 52.5 Å². The molecule has 6 aromatic carbocycles. The molecule has 237 valence electrons. The van der Waals surface area contributed by atoms with Gasteiger partial charge in [-0.15, -0.1) is 0 Å². The van der Waals surface area contributed by atoms with Crippen molar-refractivity contribution in [2.45, 2.75) is 0 Å². The largest absolute Gasteiger partial charge is 0.526 e. The van der Waals surface area contributed by atoms with Crippen LogP contribution in [-0.2, 0) is 7.05 Å². The van der Waals surface area contributed by atoms with Crippen LogP contribution in [0, 0.1) is 0 Å². The summed E-state index contributed by atoms with van der Waals surface area (Å²) in [4.78, 5) is 31.5. The summed E-state index contributed by atoms with van der Waals surface area (Å²) >= 11 is -0.797. The molecule has 0 unspecified atom stereocenters. The summed E-state index contributed by atoms with van der Waals surface area (Å²) < 4.78 is 4.06. The minimum Gasteiger partial charge on any atom is -0.395 e. The van der Waals surface area contributed by atoms with Crippen molar-refractivity contribution in [1.82, 2.24) is 38.0 Å². The van der Waals surface area contributed by atoms with E-state index in [0.29, 0.717) is 34.6 Å². The second-order valence-electron chi connectivity index (χ2n) is 12.9. The summed E-state index contributed by atoms with van der Waals surface area (Å²) in [6, 6.07) is 41.7. The van der Waals surface area contributed by atoms with Crippen molar-refractivity contribution < 1.29 is 0 Å². The molecule has 2 aliphatic heterocycles. The fourth-order valence-corrected chi connectivity index (χ4v) is 8.70. The lowest BCUT2D eigenvalue weighted by Crippen LogP contribution is -2.01. The molecule has 0 amide bonds. The van der Waals surface area contributed by atoms with Crippen LogP contribution in [0.15, 0.2) is 121 Å². The Kier molecular flexibility index (Phi) is 6.08. The van der Waals surface area contributed by atoms with E-state index in [-0.39, 0.29) is 0 Å². The Morgan fingerprint density at radius 1 is 0.412 bits per heavy atom. The van der Waals surface area contributed by atoms with E-state index in [1.807, 2.05) is 45.5 Å². The van der Waals surface area contributed by atoms with Gasteiger partial charge in [-0.3, -0.25) is 0 Å². The third-order valence-corrected chi connectivity index (χ3v) is 11.3. The third-order valence-electron chi connectivity index (χ3n) is 10.0. The standard InChI is InChI=1S/C41H23N8.Al.ClH/c1-49-40-28-16-8-9-17-29(28)41(49)48-39-33-21-25-13-5-4-12-24(25)20-32(33)38(46-39)45-37-31-19-23-11-3-2-10-22(23)18-30(31)36(44-37)43-34-26-14-6-7-15-27(26)35(42-34)47-40;;/h2-21H,1H3;;1H/q-1;+2;/p-1. The number of hydrogen-bond donors (Lipinski definition) is 0. The summed E-state index contributed by atoms with van der Waals surface area (Å²) in [5.74, 6) is 2.34. The fourth-order valence-electron chi connectivity index (χ4n) is 7.56. The number of hydrogen-bond acceptors (Lipinski definition) is 6. The van der Waals surface area contributed by atoms with E-state index >= 15 is 0 Å². The molecule has 0 fully saturated rings. The van der Waals surface area contributed by atoms with E-state index < -0.39 is 14.5 Å². The molecule has 9 aromatic rings. The zero-order valence-corrected chi connectivity index (χ0v) is 29.0. The van der Waals surface area contributed by atoms with Gasteiger partial charge in [-0.1, -0.05) is 97.1 Å². The molecule has 3 aromatic heterocycles. The predicted octanol–water partition coefficient (Wildman–Crippen LogP) is 9.28. The minimum atomic E-state index is -0.797. The second kappa shape index (κ2) is 10.8. The van der Waals surface area contributed by atoms with Gasteiger partial charge in [-0.25, -0.2) is 40.0 Å². The summed E-state index contributed by atoms with van der Waals surface area (Å²) in [7, 11) is 8.93. The van der Waals surface area contributed by atoms with Crippen LogP contribution in [0.25, 0.3) is 111 Å². The van der Waals surface area contributed by atoms with Crippen LogP contribution < -0.4 is 0 Å². The Hall–Kier alpha value is -5.98. The van der Waals surface area contributed by atoms with Gasteiger partial charge in [0.2, 0.25) is 0 Å². The summed E-state index contributed by atoms with van der Waals surface area (Å²) in [6.07, 6.45) is 0. The van der Waals surface area contributed by atoms with Crippen molar-refractivity contribution in [3.63, 3.8) is 0 Å². The molecular weight excluding hydrogens is 667 g/mol. The Morgan fingerprint density at radius 2 is 0.784 bits per heavy atom. The highest BCUT2D eigenvalue weighted by molar-refractivity contribution is 6.93. The first-order chi connectivity index (χ1) is 25.1. The monoisotopic (exact) mass is 689 g/mol. The molecule has 10 heteroatoms. The van der Waals surface area contributed by atoms with Gasteiger partial charge in [-0.05, 0) is 45.8 Å². The van der Waals surface area contributed by atoms with Crippen molar-refractivity contribution in [3.8, 4) is 45.6 Å². The first-order valence-corrected chi connectivity index (χ1v) is 18.9. The maximum Gasteiger partial charge on any atom is 0.526 e. The van der Waals surface area contributed by atoms with Gasteiger partial charge in [0.1, 0.15) is 22.6 Å². The van der Waals surface area contributed by atoms with Gasteiger partial charge < -0.3 is 8.12 Å². The van der Waals surface area contributed by atoms with Gasteiger partial charge >= 0.3 is 14.5 Å². The Balaban J connectivity index is 1.40. The van der Waals surface area contributed by atoms with E-state index in [2.05, 4.69) is 91.0 Å². The smallest absolute Gasteiger partial charge is 0.395 e. The predicted molar refractivity (Wildman–Crippen MR) is 206 cm³/mol. The second-order valence-corrected chi connectivity index (χ2v) is 14.2. The average molecular weight is 690 g/mol. The van der Waals surface area contributed by atoms with Crippen molar-refractivity contribution in [3.05, 3.63) is 121 Å². The number of aryl methyl sites for hydroxylation is 1. The lowest BCUT2D eigenvalue weighted by Gasteiger charge is -2.04. The Bertz CT molecular complexity index is 3170. The first kappa shape index (κ1) is 28.8. The van der Waals surface area contributed by atoms with E-state index in [0.717, 1.165) is 76.6 Å². The zero-order valence-electron chi connectivity index (χ0n) is 27.1. The molecule has 0 N–H and O–H groups in total. The highest BCUT2D eigenvalue weighted by Gasteiger charge is 2.24. The van der Waals surface area contributed by atoms with E-state index in [1.165, 1.54) is 0 Å². The van der Waals surface area contributed by atoms with Crippen LogP contribution in [0.4, 0.5) is 0 Å². The lowest BCUT2D eigenvalue weighted by atomic mass is 10.0. The summed E-state index contributed by atoms with van der Waals surface area (Å²) in [5, 5.41) is 8.25. The summed E-state index contributed by atoms with van der Waals surface area (Å²) in [5.41, 5.74) is 6.59. The van der Waals surface area contributed by atoms with Gasteiger partial charge in [-0.2, -0.15) is 0 Å². The number of fused-ring (bicyclic) bond motifs is 22. The van der Waals surface area contributed by atoms with Crippen LogP contribution in [0.2, 0.25) is 0 Å². The lowest BCUT2D eigenvalue weighted by molar-refractivity contribution is 0.966. The van der Waals surface area contributed by atoms with Crippen LogP contribution >= 0.6 is 10.0 Å². The molecule has 2 aliphatic rings. The highest BCUT2D eigenvalue weighted by Crippen LogP contribution is 2.40. The zero-order chi connectivity index (χ0) is 33.8. The summed E-state index contributed by atoms with van der Waals surface area (Å²) in [6.45, 7) is 0. The molecule has 0 saturated heterocycles. The van der Waals surface area contributed by atoms with Crippen LogP contribution in [0.3, 0.4) is 0 Å². The molecule has 8 nitrogen and oxygen atoms in total. The fraction of sp³-hybridized carbons (Fsp3) is 0.0244. The average Bonchev–Trinajstić information content (AvgIpc) is 3.85. The van der Waals surface area contributed by atoms with E-state index in [1.54, 1.807) is 0 Å². The van der Waals surface area contributed by atoms with E-state index in [9.17, 15) is 0 Å². The number of nitrogens with zero attached hydrogens (tertiary/aromatic N) is 8. The van der Waals surface area contributed by atoms with Crippen molar-refractivity contribution in [1.29, 1.82) is 0 Å². The minimum absolute atomic E-state index is 0.578. The van der Waals surface area contributed by atoms with Gasteiger partial charge in [0.25, 0.3) is 0 Å². The molecule has 11 rings (SSSR count). The molecule has 51 heavy (non-hydrogen) atoms. The molecule has 0 saturated carbocycles. The maximum absolute atomic E-state index is 6.93. The topological polar surface area (TPSA) is 87.2 Å². The highest BCUT2D eigenvalue weighted by atomic mass is 35.6. The van der Waals surface area contributed by atoms with Crippen molar-refractivity contribution >= 4 is 90.2 Å². The molecule has 0 atom stereocenters. The van der Waals surface area contributed by atoms with Crippen molar-refractivity contribution in [2.24, 2.45) is 7.05 Å². The molecule has 5 heterocycles.